The van der Waals surface area contributed by atoms with Gasteiger partial charge in [-0.05, 0) is 55.2 Å². The van der Waals surface area contributed by atoms with Gasteiger partial charge in [0.05, 0.1) is 16.1 Å². The first-order valence-corrected chi connectivity index (χ1v) is 12.1. The van der Waals surface area contributed by atoms with E-state index in [9.17, 15) is 22.4 Å². The van der Waals surface area contributed by atoms with E-state index in [1.54, 1.807) is 24.3 Å². The summed E-state index contributed by atoms with van der Waals surface area (Å²) in [6.07, 6.45) is 0.710. The molecule has 0 atom stereocenters. The van der Waals surface area contributed by atoms with Crippen LogP contribution in [0.2, 0.25) is 0 Å². The molecule has 1 aliphatic rings. The van der Waals surface area contributed by atoms with Crippen molar-refractivity contribution in [2.75, 3.05) is 25.0 Å². The van der Waals surface area contributed by atoms with Crippen molar-refractivity contribution < 1.29 is 22.4 Å². The SMILES string of the molecule is CC(C)CNC(=O)c1ccccc1NC(=O)C1CCN(S(=O)(=O)c2ccc(F)cc2)CC1. The van der Waals surface area contributed by atoms with E-state index >= 15 is 0 Å². The molecule has 2 amide bonds. The molecule has 32 heavy (non-hydrogen) atoms. The maximum absolute atomic E-state index is 13.1. The number of rotatable bonds is 7. The Hall–Kier alpha value is -2.78. The lowest BCUT2D eigenvalue weighted by molar-refractivity contribution is -0.120. The fraction of sp³-hybridized carbons (Fsp3) is 0.391. The number of benzene rings is 2. The number of para-hydroxylation sites is 1. The Morgan fingerprint density at radius 1 is 1.06 bits per heavy atom. The van der Waals surface area contributed by atoms with Gasteiger partial charge in [-0.15, -0.1) is 0 Å². The molecule has 0 radical (unpaired) electrons. The third-order valence-electron chi connectivity index (χ3n) is 5.38. The zero-order valence-corrected chi connectivity index (χ0v) is 19.0. The Kier molecular flexibility index (Phi) is 7.63. The lowest BCUT2D eigenvalue weighted by Gasteiger charge is -2.30. The summed E-state index contributed by atoms with van der Waals surface area (Å²) in [6.45, 7) is 4.90. The zero-order chi connectivity index (χ0) is 23.3. The van der Waals surface area contributed by atoms with Crippen LogP contribution in [0.1, 0.15) is 37.0 Å². The third-order valence-corrected chi connectivity index (χ3v) is 7.29. The second-order valence-corrected chi connectivity index (χ2v) is 10.2. The molecule has 0 aliphatic carbocycles. The van der Waals surface area contributed by atoms with E-state index in [0.29, 0.717) is 36.6 Å². The summed E-state index contributed by atoms with van der Waals surface area (Å²) in [5, 5.41) is 5.68. The number of sulfonamides is 1. The monoisotopic (exact) mass is 461 g/mol. The number of piperidine rings is 1. The van der Waals surface area contributed by atoms with E-state index < -0.39 is 15.8 Å². The van der Waals surface area contributed by atoms with Crippen molar-refractivity contribution >= 4 is 27.5 Å². The minimum atomic E-state index is -3.74. The van der Waals surface area contributed by atoms with Crippen molar-refractivity contribution in [3.05, 3.63) is 59.9 Å². The van der Waals surface area contributed by atoms with Gasteiger partial charge < -0.3 is 10.6 Å². The largest absolute Gasteiger partial charge is 0.352 e. The number of nitrogens with zero attached hydrogens (tertiary/aromatic N) is 1. The van der Waals surface area contributed by atoms with Crippen LogP contribution < -0.4 is 10.6 Å². The number of carbonyl (C=O) groups excluding carboxylic acids is 2. The molecule has 0 unspecified atom stereocenters. The number of amides is 2. The molecule has 2 N–H and O–H groups in total. The van der Waals surface area contributed by atoms with Crippen LogP contribution in [-0.4, -0.2) is 44.2 Å². The summed E-state index contributed by atoms with van der Waals surface area (Å²) >= 11 is 0. The minimum Gasteiger partial charge on any atom is -0.352 e. The summed E-state index contributed by atoms with van der Waals surface area (Å²) in [4.78, 5) is 25.3. The highest BCUT2D eigenvalue weighted by molar-refractivity contribution is 7.89. The molecule has 0 bridgehead atoms. The zero-order valence-electron chi connectivity index (χ0n) is 18.2. The molecule has 7 nitrogen and oxygen atoms in total. The first kappa shape index (κ1) is 23.9. The Morgan fingerprint density at radius 2 is 1.69 bits per heavy atom. The van der Waals surface area contributed by atoms with E-state index in [1.807, 2.05) is 13.8 Å². The average Bonchev–Trinajstić information content (AvgIpc) is 2.78. The van der Waals surface area contributed by atoms with Gasteiger partial charge in [0.1, 0.15) is 5.82 Å². The van der Waals surface area contributed by atoms with Crippen molar-refractivity contribution in [2.45, 2.75) is 31.6 Å². The lowest BCUT2D eigenvalue weighted by atomic mass is 9.97. The average molecular weight is 462 g/mol. The van der Waals surface area contributed by atoms with Crippen molar-refractivity contribution in [2.24, 2.45) is 11.8 Å². The van der Waals surface area contributed by atoms with Crippen LogP contribution in [0.3, 0.4) is 0 Å². The highest BCUT2D eigenvalue weighted by atomic mass is 32.2. The second-order valence-electron chi connectivity index (χ2n) is 8.27. The molecule has 172 valence electrons. The molecular weight excluding hydrogens is 433 g/mol. The normalized spacial score (nSPS) is 15.5. The molecule has 0 spiro atoms. The van der Waals surface area contributed by atoms with Crippen molar-refractivity contribution in [1.82, 2.24) is 9.62 Å². The maximum atomic E-state index is 13.1. The van der Waals surface area contributed by atoms with Crippen LogP contribution in [0.25, 0.3) is 0 Å². The Labute approximate surface area is 188 Å². The topological polar surface area (TPSA) is 95.6 Å². The molecular formula is C23H28FN3O4S. The van der Waals surface area contributed by atoms with Crippen LogP contribution in [0.5, 0.6) is 0 Å². The Balaban J connectivity index is 1.62. The number of hydrogen-bond acceptors (Lipinski definition) is 4. The second kappa shape index (κ2) is 10.2. The molecule has 9 heteroatoms. The molecule has 2 aromatic rings. The first-order chi connectivity index (χ1) is 15.2. The van der Waals surface area contributed by atoms with E-state index in [-0.39, 0.29) is 35.7 Å². The predicted octanol–water partition coefficient (Wildman–Crippen LogP) is 3.25. The molecule has 1 aliphatic heterocycles. The van der Waals surface area contributed by atoms with E-state index in [1.165, 1.54) is 16.4 Å². The highest BCUT2D eigenvalue weighted by Crippen LogP contribution is 2.26. The fourth-order valence-corrected chi connectivity index (χ4v) is 5.00. The van der Waals surface area contributed by atoms with Gasteiger partial charge in [0.2, 0.25) is 15.9 Å². The summed E-state index contributed by atoms with van der Waals surface area (Å²) < 4.78 is 39.9. The minimum absolute atomic E-state index is 0.0307. The van der Waals surface area contributed by atoms with Gasteiger partial charge in [-0.3, -0.25) is 9.59 Å². The fourth-order valence-electron chi connectivity index (χ4n) is 3.53. The number of carbonyl (C=O) groups is 2. The summed E-state index contributed by atoms with van der Waals surface area (Å²) in [5.41, 5.74) is 0.818. The van der Waals surface area contributed by atoms with Crippen LogP contribution in [0, 0.1) is 17.7 Å². The van der Waals surface area contributed by atoms with Crippen LogP contribution >= 0.6 is 0 Å². The van der Waals surface area contributed by atoms with Crippen LogP contribution in [-0.2, 0) is 14.8 Å². The van der Waals surface area contributed by atoms with Crippen LogP contribution in [0.15, 0.2) is 53.4 Å². The summed E-state index contributed by atoms with van der Waals surface area (Å²) in [6, 6.07) is 11.5. The van der Waals surface area contributed by atoms with Gasteiger partial charge in [-0.1, -0.05) is 26.0 Å². The Morgan fingerprint density at radius 3 is 2.31 bits per heavy atom. The van der Waals surface area contributed by atoms with Crippen molar-refractivity contribution in [3.8, 4) is 0 Å². The molecule has 0 saturated carbocycles. The van der Waals surface area contributed by atoms with Gasteiger partial charge in [0, 0.05) is 25.6 Å². The van der Waals surface area contributed by atoms with Crippen molar-refractivity contribution in [1.29, 1.82) is 0 Å². The number of anilines is 1. The number of halogens is 1. The van der Waals surface area contributed by atoms with Gasteiger partial charge >= 0.3 is 0 Å². The Bertz CT molecular complexity index is 1060. The highest BCUT2D eigenvalue weighted by Gasteiger charge is 2.32. The molecule has 0 aromatic heterocycles. The van der Waals surface area contributed by atoms with Gasteiger partial charge in [-0.2, -0.15) is 4.31 Å². The molecule has 3 rings (SSSR count). The lowest BCUT2D eigenvalue weighted by Crippen LogP contribution is -2.41. The molecule has 2 aromatic carbocycles. The standard InChI is InChI=1S/C23H28FN3O4S/c1-16(2)15-25-23(29)20-5-3-4-6-21(20)26-22(28)17-11-13-27(14-12-17)32(30,31)19-9-7-18(24)8-10-19/h3-10,16-17H,11-15H2,1-2H3,(H,25,29)(H,26,28). The van der Waals surface area contributed by atoms with E-state index in [0.717, 1.165) is 12.1 Å². The summed E-state index contributed by atoms with van der Waals surface area (Å²) in [7, 11) is -3.74. The van der Waals surface area contributed by atoms with Crippen LogP contribution in [0.4, 0.5) is 10.1 Å². The molecule has 1 saturated heterocycles. The van der Waals surface area contributed by atoms with E-state index in [4.69, 9.17) is 0 Å². The van der Waals surface area contributed by atoms with Gasteiger partial charge in [-0.25, -0.2) is 12.8 Å². The summed E-state index contributed by atoms with van der Waals surface area (Å²) in [5.74, 6) is -1.07. The first-order valence-electron chi connectivity index (χ1n) is 10.6. The molecule has 1 heterocycles. The maximum Gasteiger partial charge on any atom is 0.253 e. The quantitative estimate of drug-likeness (QED) is 0.662. The predicted molar refractivity (Wildman–Crippen MR) is 120 cm³/mol. The van der Waals surface area contributed by atoms with Gasteiger partial charge in [0.25, 0.3) is 5.91 Å². The number of hydrogen-bond donors (Lipinski definition) is 2. The molecule has 1 fully saturated rings. The third kappa shape index (κ3) is 5.72. The van der Waals surface area contributed by atoms with Crippen molar-refractivity contribution in [3.63, 3.8) is 0 Å². The van der Waals surface area contributed by atoms with Gasteiger partial charge in [0.15, 0.2) is 0 Å². The van der Waals surface area contributed by atoms with E-state index in [2.05, 4.69) is 10.6 Å². The number of nitrogens with one attached hydrogen (secondary N) is 2. The smallest absolute Gasteiger partial charge is 0.253 e.